The van der Waals surface area contributed by atoms with Gasteiger partial charge in [-0.05, 0) is 44.4 Å². The van der Waals surface area contributed by atoms with Gasteiger partial charge in [0.25, 0.3) is 0 Å². The van der Waals surface area contributed by atoms with Gasteiger partial charge < -0.3 is 14.7 Å². The lowest BCUT2D eigenvalue weighted by Gasteiger charge is -2.38. The molecule has 1 aromatic carbocycles. The summed E-state index contributed by atoms with van der Waals surface area (Å²) in [6.07, 6.45) is 8.62. The van der Waals surface area contributed by atoms with Crippen molar-refractivity contribution >= 4 is 22.0 Å². The van der Waals surface area contributed by atoms with Crippen LogP contribution in [-0.2, 0) is 14.8 Å². The number of benzene rings is 1. The SMILES string of the molecule is CC=Cc1ccc2c(c1)O[C@@H](CN(C)C(=O)C1CCCCC1)[C@@H](C)CN([C@@H](C)CO)S2(=O)=O. The number of aliphatic hydroxyl groups excluding tert-OH is 1. The predicted octanol–water partition coefficient (Wildman–Crippen LogP) is 3.53. The molecule has 184 valence electrons. The molecular formula is C25H38N2O5S. The van der Waals surface area contributed by atoms with Gasteiger partial charge in [0.2, 0.25) is 15.9 Å². The number of nitrogens with zero attached hydrogens (tertiary/aromatic N) is 2. The minimum atomic E-state index is -3.86. The highest BCUT2D eigenvalue weighted by atomic mass is 32.2. The maximum Gasteiger partial charge on any atom is 0.247 e. The van der Waals surface area contributed by atoms with Gasteiger partial charge in [-0.25, -0.2) is 8.42 Å². The molecule has 33 heavy (non-hydrogen) atoms. The van der Waals surface area contributed by atoms with Gasteiger partial charge >= 0.3 is 0 Å². The predicted molar refractivity (Wildman–Crippen MR) is 129 cm³/mol. The van der Waals surface area contributed by atoms with Crippen LogP contribution in [0.25, 0.3) is 6.08 Å². The largest absolute Gasteiger partial charge is 0.487 e. The quantitative estimate of drug-likeness (QED) is 0.676. The second-order valence-corrected chi connectivity index (χ2v) is 11.4. The van der Waals surface area contributed by atoms with E-state index >= 15 is 0 Å². The summed E-state index contributed by atoms with van der Waals surface area (Å²) in [6.45, 7) is 5.85. The van der Waals surface area contributed by atoms with Crippen molar-refractivity contribution in [2.24, 2.45) is 11.8 Å². The Morgan fingerprint density at radius 2 is 2.00 bits per heavy atom. The van der Waals surface area contributed by atoms with Crippen molar-refractivity contribution in [1.29, 1.82) is 0 Å². The zero-order valence-corrected chi connectivity index (χ0v) is 21.1. The Morgan fingerprint density at radius 3 is 2.64 bits per heavy atom. The van der Waals surface area contributed by atoms with Crippen molar-refractivity contribution < 1.29 is 23.1 Å². The molecule has 1 aromatic rings. The number of hydrogen-bond acceptors (Lipinski definition) is 5. The van der Waals surface area contributed by atoms with Crippen LogP contribution in [0, 0.1) is 11.8 Å². The van der Waals surface area contributed by atoms with Crippen molar-refractivity contribution in [2.45, 2.75) is 69.9 Å². The average Bonchev–Trinajstić information content (AvgIpc) is 2.81. The number of carbonyl (C=O) groups is 1. The Kier molecular flexibility index (Phi) is 8.59. The maximum absolute atomic E-state index is 13.5. The van der Waals surface area contributed by atoms with E-state index < -0.39 is 16.1 Å². The molecule has 1 N–H and O–H groups in total. The Hall–Kier alpha value is -1.90. The lowest BCUT2D eigenvalue weighted by Crippen LogP contribution is -2.50. The molecule has 1 fully saturated rings. The standard InChI is InChI=1S/C25H38N2O5S/c1-5-9-20-12-13-24-22(14-20)32-23(16-26(4)25(29)21-10-7-6-8-11-21)18(2)15-27(19(3)17-28)33(24,30)31/h5,9,12-14,18-19,21,23,28H,6-8,10-11,15-17H2,1-4H3/t18-,19-,23-/m0/s1. The number of sulfonamides is 1. The van der Waals surface area contributed by atoms with Crippen molar-refractivity contribution in [3.63, 3.8) is 0 Å². The fourth-order valence-electron chi connectivity index (χ4n) is 4.78. The van der Waals surface area contributed by atoms with Crippen LogP contribution in [0.2, 0.25) is 0 Å². The first kappa shape index (κ1) is 25.7. The molecule has 0 radical (unpaired) electrons. The fourth-order valence-corrected chi connectivity index (χ4v) is 6.60. The van der Waals surface area contributed by atoms with E-state index in [1.807, 2.05) is 33.0 Å². The van der Waals surface area contributed by atoms with E-state index in [2.05, 4.69) is 0 Å². The van der Waals surface area contributed by atoms with Gasteiger partial charge in [-0.3, -0.25) is 4.79 Å². The van der Waals surface area contributed by atoms with E-state index in [4.69, 9.17) is 4.74 Å². The molecule has 2 aliphatic rings. The first-order chi connectivity index (χ1) is 15.7. The van der Waals surface area contributed by atoms with Crippen LogP contribution in [0.15, 0.2) is 29.2 Å². The normalized spacial score (nSPS) is 25.0. The van der Waals surface area contributed by atoms with Gasteiger partial charge in [0.15, 0.2) is 0 Å². The third-order valence-corrected chi connectivity index (χ3v) is 8.85. The summed E-state index contributed by atoms with van der Waals surface area (Å²) in [5.41, 5.74) is 0.840. The second-order valence-electron chi connectivity index (χ2n) is 9.50. The summed E-state index contributed by atoms with van der Waals surface area (Å²) in [5.74, 6) is 0.306. The molecule has 3 atom stereocenters. The number of fused-ring (bicyclic) bond motifs is 1. The van der Waals surface area contributed by atoms with Crippen molar-refractivity contribution in [2.75, 3.05) is 26.7 Å². The number of rotatable bonds is 6. The van der Waals surface area contributed by atoms with Crippen molar-refractivity contribution in [3.05, 3.63) is 29.8 Å². The van der Waals surface area contributed by atoms with Crippen molar-refractivity contribution in [1.82, 2.24) is 9.21 Å². The van der Waals surface area contributed by atoms with Crippen LogP contribution in [0.1, 0.15) is 58.4 Å². The molecular weight excluding hydrogens is 440 g/mol. The lowest BCUT2D eigenvalue weighted by molar-refractivity contribution is -0.136. The number of aliphatic hydroxyl groups is 1. The summed E-state index contributed by atoms with van der Waals surface area (Å²) in [5, 5.41) is 9.76. The first-order valence-corrected chi connectivity index (χ1v) is 13.4. The lowest BCUT2D eigenvalue weighted by atomic mass is 9.88. The van der Waals surface area contributed by atoms with Crippen LogP contribution in [-0.4, -0.2) is 67.5 Å². The number of carbonyl (C=O) groups excluding carboxylic acids is 1. The number of allylic oxidation sites excluding steroid dienone is 1. The van der Waals surface area contributed by atoms with E-state index in [0.29, 0.717) is 6.54 Å². The van der Waals surface area contributed by atoms with E-state index in [9.17, 15) is 18.3 Å². The molecule has 7 nitrogen and oxygen atoms in total. The summed E-state index contributed by atoms with van der Waals surface area (Å²) >= 11 is 0. The second kappa shape index (κ2) is 11.0. The highest BCUT2D eigenvalue weighted by molar-refractivity contribution is 7.89. The van der Waals surface area contributed by atoms with Gasteiger partial charge in [0.1, 0.15) is 16.7 Å². The zero-order chi connectivity index (χ0) is 24.2. The fraction of sp³-hybridized carbons (Fsp3) is 0.640. The highest BCUT2D eigenvalue weighted by Crippen LogP contribution is 2.35. The molecule has 1 aliphatic heterocycles. The van der Waals surface area contributed by atoms with Crippen LogP contribution in [0.5, 0.6) is 5.75 Å². The summed E-state index contributed by atoms with van der Waals surface area (Å²) in [6, 6.07) is 4.49. The molecule has 1 amide bonds. The summed E-state index contributed by atoms with van der Waals surface area (Å²) < 4.78 is 34.7. The van der Waals surface area contributed by atoms with Crippen molar-refractivity contribution in [3.8, 4) is 5.75 Å². The van der Waals surface area contributed by atoms with E-state index in [1.54, 1.807) is 30.0 Å². The van der Waals surface area contributed by atoms with Gasteiger partial charge in [-0.15, -0.1) is 0 Å². The van der Waals surface area contributed by atoms with Crippen LogP contribution in [0.3, 0.4) is 0 Å². The monoisotopic (exact) mass is 478 g/mol. The Balaban J connectivity index is 1.95. The minimum absolute atomic E-state index is 0.0625. The van der Waals surface area contributed by atoms with E-state index in [-0.39, 0.29) is 47.6 Å². The van der Waals surface area contributed by atoms with Crippen LogP contribution >= 0.6 is 0 Å². The molecule has 0 spiro atoms. The summed E-state index contributed by atoms with van der Waals surface area (Å²) in [4.78, 5) is 14.9. The molecule has 1 aliphatic carbocycles. The molecule has 0 saturated heterocycles. The molecule has 1 heterocycles. The van der Waals surface area contributed by atoms with E-state index in [0.717, 1.165) is 31.2 Å². The molecule has 0 unspecified atom stereocenters. The maximum atomic E-state index is 13.5. The molecule has 8 heteroatoms. The topological polar surface area (TPSA) is 87.2 Å². The van der Waals surface area contributed by atoms with E-state index in [1.165, 1.54) is 10.7 Å². The third kappa shape index (κ3) is 5.78. The highest BCUT2D eigenvalue weighted by Gasteiger charge is 2.38. The Labute approximate surface area is 198 Å². The van der Waals surface area contributed by atoms with Gasteiger partial charge in [0.05, 0.1) is 13.2 Å². The van der Waals surface area contributed by atoms with Crippen LogP contribution < -0.4 is 4.74 Å². The number of hydrogen-bond donors (Lipinski definition) is 1. The molecule has 1 saturated carbocycles. The number of likely N-dealkylation sites (N-methyl/N-ethyl adjacent to an activating group) is 1. The zero-order valence-electron chi connectivity index (χ0n) is 20.2. The van der Waals surface area contributed by atoms with Crippen LogP contribution in [0.4, 0.5) is 0 Å². The Morgan fingerprint density at radius 1 is 1.30 bits per heavy atom. The third-order valence-electron chi connectivity index (χ3n) is 6.83. The van der Waals surface area contributed by atoms with Gasteiger partial charge in [0, 0.05) is 31.5 Å². The summed E-state index contributed by atoms with van der Waals surface area (Å²) in [7, 11) is -2.05. The molecule has 0 bridgehead atoms. The molecule has 3 rings (SSSR count). The Bertz CT molecular complexity index is 956. The average molecular weight is 479 g/mol. The number of amides is 1. The molecule has 0 aromatic heterocycles. The first-order valence-electron chi connectivity index (χ1n) is 12.0. The van der Waals surface area contributed by atoms with Gasteiger partial charge in [-0.1, -0.05) is 44.4 Å². The smallest absolute Gasteiger partial charge is 0.247 e. The van der Waals surface area contributed by atoms with Gasteiger partial charge in [-0.2, -0.15) is 4.31 Å². The minimum Gasteiger partial charge on any atom is -0.487 e. The number of ether oxygens (including phenoxy) is 1.